The third-order valence-corrected chi connectivity index (χ3v) is 4.32. The van der Waals surface area contributed by atoms with Crippen molar-refractivity contribution in [2.75, 3.05) is 28.2 Å². The number of aromatic nitrogens is 2. The molecule has 1 atom stereocenters. The molecule has 0 radical (unpaired) electrons. The maximum Gasteiger partial charge on any atom is 0.329 e. The molecule has 8 nitrogen and oxygen atoms in total. The molecule has 0 saturated carbocycles. The molecule has 3 amide bonds. The van der Waals surface area contributed by atoms with Gasteiger partial charge in [-0.25, -0.2) is 14.8 Å². The lowest BCUT2D eigenvalue weighted by molar-refractivity contribution is 0.0995. The van der Waals surface area contributed by atoms with E-state index in [4.69, 9.17) is 5.73 Å². The fourth-order valence-corrected chi connectivity index (χ4v) is 3.22. The highest BCUT2D eigenvalue weighted by atomic mass is 16.2. The Morgan fingerprint density at radius 1 is 1.25 bits per heavy atom. The lowest BCUT2D eigenvalue weighted by Gasteiger charge is -2.35. The third-order valence-electron chi connectivity index (χ3n) is 4.32. The highest BCUT2D eigenvalue weighted by Crippen LogP contribution is 2.39. The molecule has 1 fully saturated rings. The third kappa shape index (κ3) is 2.32. The summed E-state index contributed by atoms with van der Waals surface area (Å²) in [5.41, 5.74) is 6.32. The van der Waals surface area contributed by atoms with E-state index in [2.05, 4.69) is 20.2 Å². The highest BCUT2D eigenvalue weighted by Gasteiger charge is 2.40. The van der Waals surface area contributed by atoms with E-state index in [0.717, 1.165) is 25.2 Å². The van der Waals surface area contributed by atoms with E-state index in [1.54, 1.807) is 41.4 Å². The second kappa shape index (κ2) is 5.48. The molecule has 0 aromatic carbocycles. The summed E-state index contributed by atoms with van der Waals surface area (Å²) in [5, 5.41) is 2.79. The first-order chi connectivity index (χ1) is 11.6. The smallest absolute Gasteiger partial charge is 0.329 e. The maximum atomic E-state index is 12.8. The molecule has 2 aliphatic heterocycles. The van der Waals surface area contributed by atoms with Gasteiger partial charge in [0, 0.05) is 19.3 Å². The summed E-state index contributed by atoms with van der Waals surface area (Å²) in [7, 11) is 0. The van der Waals surface area contributed by atoms with Crippen LogP contribution in [0, 0.1) is 0 Å². The number of primary amides is 1. The lowest BCUT2D eigenvalue weighted by atomic mass is 10.1. The summed E-state index contributed by atoms with van der Waals surface area (Å²) in [6.07, 6.45) is 2.46. The van der Waals surface area contributed by atoms with E-state index in [1.165, 1.54) is 0 Å². The van der Waals surface area contributed by atoms with E-state index >= 15 is 0 Å². The SMILES string of the molecule is NC(=O)c1ccc2c(n1)N(C(=O)Nc1ccccn1)[C@H]1CCN2C1. The van der Waals surface area contributed by atoms with Crippen LogP contribution >= 0.6 is 0 Å². The number of nitrogens with one attached hydrogen (secondary N) is 1. The molecule has 24 heavy (non-hydrogen) atoms. The minimum atomic E-state index is -0.615. The highest BCUT2D eigenvalue weighted by molar-refractivity contribution is 6.04. The molecule has 3 N–H and O–H groups in total. The van der Waals surface area contributed by atoms with Crippen molar-refractivity contribution in [2.45, 2.75) is 12.5 Å². The van der Waals surface area contributed by atoms with Crippen LogP contribution in [0.25, 0.3) is 0 Å². The summed E-state index contributed by atoms with van der Waals surface area (Å²) in [6, 6.07) is 8.39. The van der Waals surface area contributed by atoms with Crippen molar-refractivity contribution in [3.63, 3.8) is 0 Å². The zero-order valence-corrected chi connectivity index (χ0v) is 12.8. The van der Waals surface area contributed by atoms with Gasteiger partial charge in [0.25, 0.3) is 5.91 Å². The van der Waals surface area contributed by atoms with Crippen molar-refractivity contribution in [1.82, 2.24) is 9.97 Å². The van der Waals surface area contributed by atoms with E-state index < -0.39 is 5.91 Å². The number of nitrogens with zero attached hydrogens (tertiary/aromatic N) is 4. The summed E-state index contributed by atoms with van der Waals surface area (Å²) >= 11 is 0. The van der Waals surface area contributed by atoms with Gasteiger partial charge in [0.05, 0.1) is 11.7 Å². The monoisotopic (exact) mass is 324 g/mol. The Hall–Kier alpha value is -3.16. The first-order valence-electron chi connectivity index (χ1n) is 7.70. The van der Waals surface area contributed by atoms with Crippen molar-refractivity contribution >= 4 is 29.3 Å². The first-order valence-corrected chi connectivity index (χ1v) is 7.70. The molecule has 122 valence electrons. The number of carbonyl (C=O) groups excluding carboxylic acids is 2. The number of pyridine rings is 2. The number of anilines is 3. The van der Waals surface area contributed by atoms with Crippen LogP contribution in [0.2, 0.25) is 0 Å². The minimum Gasteiger partial charge on any atom is -0.366 e. The Labute approximate surface area is 138 Å². The van der Waals surface area contributed by atoms with Crippen molar-refractivity contribution in [1.29, 1.82) is 0 Å². The van der Waals surface area contributed by atoms with E-state index in [-0.39, 0.29) is 17.8 Å². The van der Waals surface area contributed by atoms with Gasteiger partial charge in [-0.3, -0.25) is 15.0 Å². The molecule has 4 rings (SSSR count). The van der Waals surface area contributed by atoms with Crippen molar-refractivity contribution in [3.05, 3.63) is 42.2 Å². The van der Waals surface area contributed by atoms with Crippen LogP contribution in [0.5, 0.6) is 0 Å². The summed E-state index contributed by atoms with van der Waals surface area (Å²) in [4.78, 5) is 36.5. The van der Waals surface area contributed by atoms with Gasteiger partial charge in [0.15, 0.2) is 5.82 Å². The Bertz CT molecular complexity index is 809. The molecule has 4 heterocycles. The number of hydrogen-bond donors (Lipinski definition) is 2. The molecule has 2 aromatic heterocycles. The number of fused-ring (bicyclic) bond motifs is 4. The van der Waals surface area contributed by atoms with E-state index in [1.807, 2.05) is 0 Å². The number of amides is 3. The molecule has 0 unspecified atom stereocenters. The average molecular weight is 324 g/mol. The second-order valence-electron chi connectivity index (χ2n) is 5.81. The number of nitrogens with two attached hydrogens (primary N) is 1. The Balaban J connectivity index is 1.72. The molecule has 2 aliphatic rings. The summed E-state index contributed by atoms with van der Waals surface area (Å²) in [6.45, 7) is 1.60. The standard InChI is InChI=1S/C16H16N6O2/c17-14(23)11-4-5-12-15(19-11)22(10-6-8-21(12)9-10)16(24)20-13-3-1-2-7-18-13/h1-5,7,10H,6,8-9H2,(H2,17,23)(H,18,20,24)/t10-/m0/s1. The maximum absolute atomic E-state index is 12.8. The van der Waals surface area contributed by atoms with Gasteiger partial charge in [-0.1, -0.05) is 6.07 Å². The number of rotatable bonds is 2. The number of carbonyl (C=O) groups is 2. The van der Waals surface area contributed by atoms with Crippen molar-refractivity contribution in [3.8, 4) is 0 Å². The van der Waals surface area contributed by atoms with Crippen molar-refractivity contribution < 1.29 is 9.59 Å². The van der Waals surface area contributed by atoms with Crippen LogP contribution in [0.3, 0.4) is 0 Å². The molecule has 2 aromatic rings. The van der Waals surface area contributed by atoms with Crippen LogP contribution in [0.1, 0.15) is 16.9 Å². The Morgan fingerprint density at radius 2 is 2.12 bits per heavy atom. The zero-order chi connectivity index (χ0) is 16.7. The average Bonchev–Trinajstić information content (AvgIpc) is 3.00. The van der Waals surface area contributed by atoms with Crippen LogP contribution in [-0.2, 0) is 0 Å². The van der Waals surface area contributed by atoms with Gasteiger partial charge in [-0.15, -0.1) is 0 Å². The van der Waals surface area contributed by atoms with Gasteiger partial charge in [0.1, 0.15) is 11.5 Å². The largest absolute Gasteiger partial charge is 0.366 e. The second-order valence-corrected chi connectivity index (χ2v) is 5.81. The molecule has 0 aliphatic carbocycles. The van der Waals surface area contributed by atoms with Gasteiger partial charge >= 0.3 is 6.03 Å². The molecule has 8 heteroatoms. The number of urea groups is 1. The summed E-state index contributed by atoms with van der Waals surface area (Å²) < 4.78 is 0. The molecule has 1 saturated heterocycles. The lowest BCUT2D eigenvalue weighted by Crippen LogP contribution is -2.48. The van der Waals surface area contributed by atoms with Crippen LogP contribution in [-0.4, -0.2) is 41.0 Å². The Morgan fingerprint density at radius 3 is 2.88 bits per heavy atom. The topological polar surface area (TPSA) is 104 Å². The molecule has 0 spiro atoms. The van der Waals surface area contributed by atoms with Gasteiger partial charge in [-0.2, -0.15) is 0 Å². The van der Waals surface area contributed by atoms with Crippen molar-refractivity contribution in [2.24, 2.45) is 5.73 Å². The van der Waals surface area contributed by atoms with Crippen LogP contribution in [0.15, 0.2) is 36.5 Å². The summed E-state index contributed by atoms with van der Waals surface area (Å²) in [5.74, 6) is 0.319. The van der Waals surface area contributed by atoms with Gasteiger partial charge < -0.3 is 10.6 Å². The molecular formula is C16H16N6O2. The minimum absolute atomic E-state index is 0.0110. The molecule has 2 bridgehead atoms. The fraction of sp³-hybridized carbons (Fsp3) is 0.250. The quantitative estimate of drug-likeness (QED) is 0.864. The van der Waals surface area contributed by atoms with Gasteiger partial charge in [-0.05, 0) is 30.7 Å². The normalized spacial score (nSPS) is 18.2. The zero-order valence-electron chi connectivity index (χ0n) is 12.8. The van der Waals surface area contributed by atoms with Crippen LogP contribution in [0.4, 0.5) is 22.1 Å². The van der Waals surface area contributed by atoms with Gasteiger partial charge in [0.2, 0.25) is 0 Å². The predicted molar refractivity (Wildman–Crippen MR) is 89.1 cm³/mol. The number of hydrogen-bond acceptors (Lipinski definition) is 5. The Kier molecular flexibility index (Phi) is 3.30. The van der Waals surface area contributed by atoms with Crippen LogP contribution < -0.4 is 20.9 Å². The first kappa shape index (κ1) is 14.4. The van der Waals surface area contributed by atoms with E-state index in [0.29, 0.717) is 11.6 Å². The molecular weight excluding hydrogens is 308 g/mol. The van der Waals surface area contributed by atoms with E-state index in [9.17, 15) is 9.59 Å². The predicted octanol–water partition coefficient (Wildman–Crippen LogP) is 1.21. The fourth-order valence-electron chi connectivity index (χ4n) is 3.22.